The van der Waals surface area contributed by atoms with E-state index in [1.54, 1.807) is 11.3 Å². The molecule has 2 aromatic heterocycles. The highest BCUT2D eigenvalue weighted by molar-refractivity contribution is 7.17. The first-order chi connectivity index (χ1) is 17.6. The molecule has 0 fully saturated rings. The van der Waals surface area contributed by atoms with Crippen LogP contribution in [0.25, 0.3) is 10.1 Å². The molecule has 9 heteroatoms. The van der Waals surface area contributed by atoms with Gasteiger partial charge in [0.25, 0.3) is 0 Å². The number of carbonyl (C=O) groups is 1. The molecular formula is C27H24N2O6S. The molecule has 1 unspecified atom stereocenters. The van der Waals surface area contributed by atoms with Crippen LogP contribution in [0.5, 0.6) is 23.0 Å². The van der Waals surface area contributed by atoms with Crippen molar-refractivity contribution in [2.75, 3.05) is 31.9 Å². The Labute approximate surface area is 211 Å². The summed E-state index contributed by atoms with van der Waals surface area (Å²) in [6.45, 7) is 2.08. The standard InChI is InChI=1S/C27H24N2O6S/c30-26(31)13-20(16-1-5-22-24(11-16)35-15-34-22)21-14-36-25-12-18(3-4-19(21)25)32-9-7-17-2-6-23-27(29-17)28-8-10-33-23/h1-6,11-12,14,20H,7-10,13,15H2,(H,28,29)(H,30,31). The number of carboxylic acid groups (broad SMARTS) is 1. The first kappa shape index (κ1) is 22.5. The third-order valence-electron chi connectivity index (χ3n) is 6.32. The molecule has 4 aromatic rings. The number of aromatic nitrogens is 1. The van der Waals surface area contributed by atoms with Crippen LogP contribution in [-0.2, 0) is 11.2 Å². The molecule has 0 radical (unpaired) electrons. The zero-order valence-corrected chi connectivity index (χ0v) is 20.2. The lowest BCUT2D eigenvalue weighted by Crippen LogP contribution is -2.19. The Hall–Kier alpha value is -3.98. The Morgan fingerprint density at radius 2 is 1.97 bits per heavy atom. The Bertz CT molecular complexity index is 1440. The molecule has 0 aliphatic carbocycles. The Kier molecular flexibility index (Phi) is 5.98. The van der Waals surface area contributed by atoms with E-state index in [4.69, 9.17) is 18.9 Å². The van der Waals surface area contributed by atoms with Gasteiger partial charge in [-0.1, -0.05) is 6.07 Å². The van der Waals surface area contributed by atoms with Crippen LogP contribution >= 0.6 is 11.3 Å². The maximum absolute atomic E-state index is 11.7. The lowest BCUT2D eigenvalue weighted by Gasteiger charge is -2.18. The van der Waals surface area contributed by atoms with Gasteiger partial charge >= 0.3 is 5.97 Å². The number of rotatable bonds is 8. The summed E-state index contributed by atoms with van der Waals surface area (Å²) < 4.78 is 23.6. The van der Waals surface area contributed by atoms with Gasteiger partial charge in [-0.15, -0.1) is 11.3 Å². The van der Waals surface area contributed by atoms with E-state index < -0.39 is 5.97 Å². The zero-order chi connectivity index (χ0) is 24.5. The molecule has 1 atom stereocenters. The molecule has 36 heavy (non-hydrogen) atoms. The summed E-state index contributed by atoms with van der Waals surface area (Å²) in [7, 11) is 0. The van der Waals surface area contributed by atoms with Gasteiger partial charge in [0, 0.05) is 22.7 Å². The molecule has 2 aromatic carbocycles. The number of nitrogens with zero attached hydrogens (tertiary/aromatic N) is 1. The molecule has 2 aliphatic heterocycles. The van der Waals surface area contributed by atoms with E-state index >= 15 is 0 Å². The van der Waals surface area contributed by atoms with E-state index in [9.17, 15) is 9.90 Å². The number of hydrogen-bond acceptors (Lipinski definition) is 8. The molecule has 6 rings (SSSR count). The molecule has 0 saturated carbocycles. The van der Waals surface area contributed by atoms with E-state index in [1.807, 2.05) is 53.9 Å². The van der Waals surface area contributed by atoms with Gasteiger partial charge in [-0.25, -0.2) is 4.98 Å². The minimum absolute atomic E-state index is 0.0165. The smallest absolute Gasteiger partial charge is 0.304 e. The van der Waals surface area contributed by atoms with E-state index in [1.165, 1.54) is 0 Å². The number of pyridine rings is 1. The van der Waals surface area contributed by atoms with Crippen molar-refractivity contribution in [1.29, 1.82) is 0 Å². The number of thiophene rings is 1. The SMILES string of the molecule is O=C(O)CC(c1ccc2c(c1)OCO2)c1csc2cc(OCCc3ccc4c(n3)NCCO4)ccc12. The van der Waals surface area contributed by atoms with Crippen molar-refractivity contribution in [2.45, 2.75) is 18.8 Å². The predicted octanol–water partition coefficient (Wildman–Crippen LogP) is 5.06. The summed E-state index contributed by atoms with van der Waals surface area (Å²) in [6, 6.07) is 15.5. The fraction of sp³-hybridized carbons (Fsp3) is 0.259. The molecular weight excluding hydrogens is 480 g/mol. The summed E-state index contributed by atoms with van der Waals surface area (Å²) in [4.78, 5) is 16.3. The molecule has 0 bridgehead atoms. The number of fused-ring (bicyclic) bond motifs is 3. The van der Waals surface area contributed by atoms with Crippen molar-refractivity contribution >= 4 is 33.2 Å². The molecule has 4 heterocycles. The van der Waals surface area contributed by atoms with Crippen molar-refractivity contribution in [3.63, 3.8) is 0 Å². The van der Waals surface area contributed by atoms with Crippen molar-refractivity contribution in [3.8, 4) is 23.0 Å². The lowest BCUT2D eigenvalue weighted by atomic mass is 9.88. The van der Waals surface area contributed by atoms with Crippen LogP contribution in [0.3, 0.4) is 0 Å². The second kappa shape index (κ2) is 9.58. The molecule has 8 nitrogen and oxygen atoms in total. The number of benzene rings is 2. The average molecular weight is 505 g/mol. The Morgan fingerprint density at radius 3 is 2.89 bits per heavy atom. The van der Waals surface area contributed by atoms with Crippen molar-refractivity contribution in [2.24, 2.45) is 0 Å². The predicted molar refractivity (Wildman–Crippen MR) is 136 cm³/mol. The number of ether oxygens (including phenoxy) is 4. The monoisotopic (exact) mass is 504 g/mol. The number of nitrogens with one attached hydrogen (secondary N) is 1. The average Bonchev–Trinajstić information content (AvgIpc) is 3.53. The van der Waals surface area contributed by atoms with Crippen LogP contribution in [0, 0.1) is 0 Å². The van der Waals surface area contributed by atoms with Crippen LogP contribution in [-0.4, -0.2) is 42.6 Å². The molecule has 184 valence electrons. The van der Waals surface area contributed by atoms with Crippen LogP contribution in [0.4, 0.5) is 5.82 Å². The highest BCUT2D eigenvalue weighted by Crippen LogP contribution is 2.41. The van der Waals surface area contributed by atoms with Gasteiger partial charge in [-0.05, 0) is 64.4 Å². The molecule has 0 amide bonds. The zero-order valence-electron chi connectivity index (χ0n) is 19.4. The summed E-state index contributed by atoms with van der Waals surface area (Å²) in [5, 5.41) is 15.9. The second-order valence-corrected chi connectivity index (χ2v) is 9.55. The quantitative estimate of drug-likeness (QED) is 0.344. The summed E-state index contributed by atoms with van der Waals surface area (Å²) in [5.41, 5.74) is 2.81. The van der Waals surface area contributed by atoms with Gasteiger partial charge in [0.2, 0.25) is 6.79 Å². The van der Waals surface area contributed by atoms with E-state index in [0.29, 0.717) is 31.1 Å². The van der Waals surface area contributed by atoms with Gasteiger partial charge < -0.3 is 29.4 Å². The third-order valence-corrected chi connectivity index (χ3v) is 7.29. The van der Waals surface area contributed by atoms with Crippen molar-refractivity contribution in [1.82, 2.24) is 4.98 Å². The maximum atomic E-state index is 11.7. The molecule has 0 spiro atoms. The first-order valence-corrected chi connectivity index (χ1v) is 12.6. The van der Waals surface area contributed by atoms with E-state index in [2.05, 4.69) is 10.3 Å². The number of aliphatic carboxylic acids is 1. The summed E-state index contributed by atoms with van der Waals surface area (Å²) in [5.74, 6) is 2.51. The third kappa shape index (κ3) is 4.49. The van der Waals surface area contributed by atoms with Gasteiger partial charge in [-0.2, -0.15) is 0 Å². The lowest BCUT2D eigenvalue weighted by molar-refractivity contribution is -0.137. The van der Waals surface area contributed by atoms with Crippen LogP contribution in [0.1, 0.15) is 29.2 Å². The van der Waals surface area contributed by atoms with Crippen LogP contribution < -0.4 is 24.3 Å². The van der Waals surface area contributed by atoms with Gasteiger partial charge in [0.1, 0.15) is 12.4 Å². The highest BCUT2D eigenvalue weighted by Gasteiger charge is 2.24. The van der Waals surface area contributed by atoms with E-state index in [0.717, 1.165) is 50.8 Å². The normalized spacial score (nSPS) is 14.6. The van der Waals surface area contributed by atoms with E-state index in [-0.39, 0.29) is 19.1 Å². The Morgan fingerprint density at radius 1 is 1.08 bits per heavy atom. The second-order valence-electron chi connectivity index (χ2n) is 8.64. The van der Waals surface area contributed by atoms with Crippen molar-refractivity contribution < 1.29 is 28.8 Å². The van der Waals surface area contributed by atoms with Gasteiger partial charge in [-0.3, -0.25) is 4.79 Å². The minimum Gasteiger partial charge on any atom is -0.493 e. The molecule has 2 N–H and O–H groups in total. The topological polar surface area (TPSA) is 99.1 Å². The number of anilines is 1. The largest absolute Gasteiger partial charge is 0.493 e. The molecule has 2 aliphatic rings. The number of carboxylic acids is 1. The summed E-state index contributed by atoms with van der Waals surface area (Å²) in [6.07, 6.45) is 0.658. The molecule has 0 saturated heterocycles. The Balaban J connectivity index is 1.19. The fourth-order valence-corrected chi connectivity index (χ4v) is 5.62. The van der Waals surface area contributed by atoms with Crippen LogP contribution in [0.15, 0.2) is 53.9 Å². The maximum Gasteiger partial charge on any atom is 0.304 e. The van der Waals surface area contributed by atoms with Crippen molar-refractivity contribution in [3.05, 3.63) is 70.7 Å². The van der Waals surface area contributed by atoms with Gasteiger partial charge in [0.15, 0.2) is 23.1 Å². The minimum atomic E-state index is -0.852. The van der Waals surface area contributed by atoms with Gasteiger partial charge in [0.05, 0.1) is 19.6 Å². The first-order valence-electron chi connectivity index (χ1n) is 11.8. The van der Waals surface area contributed by atoms with Crippen LogP contribution in [0.2, 0.25) is 0 Å². The fourth-order valence-electron chi connectivity index (χ4n) is 4.57. The summed E-state index contributed by atoms with van der Waals surface area (Å²) >= 11 is 1.59. The highest BCUT2D eigenvalue weighted by atomic mass is 32.1. The number of hydrogen-bond donors (Lipinski definition) is 2.